The molecule has 15 heavy (non-hydrogen) atoms. The number of halogens is 1. The maximum absolute atomic E-state index is 9.53. The Kier molecular flexibility index (Phi) is 3.32. The molecule has 1 saturated heterocycles. The van der Waals surface area contributed by atoms with Gasteiger partial charge < -0.3 is 10.4 Å². The average molecular weight is 270 g/mol. The van der Waals surface area contributed by atoms with E-state index in [1.165, 1.54) is 17.5 Å². The van der Waals surface area contributed by atoms with Crippen LogP contribution in [0.2, 0.25) is 0 Å². The Morgan fingerprint density at radius 2 is 2.33 bits per heavy atom. The quantitative estimate of drug-likeness (QED) is 0.865. The summed E-state index contributed by atoms with van der Waals surface area (Å²) in [5, 5.41) is 12.9. The van der Waals surface area contributed by atoms with Gasteiger partial charge in [-0.05, 0) is 71.9 Å². The van der Waals surface area contributed by atoms with Crippen molar-refractivity contribution in [3.8, 4) is 5.75 Å². The number of hydrogen-bond acceptors (Lipinski definition) is 2. The van der Waals surface area contributed by atoms with Crippen LogP contribution in [0.4, 0.5) is 0 Å². The number of hydrogen-bond donors (Lipinski definition) is 2. The highest BCUT2D eigenvalue weighted by Crippen LogP contribution is 2.31. The van der Waals surface area contributed by atoms with Crippen LogP contribution in [0.3, 0.4) is 0 Å². The third-order valence-electron chi connectivity index (χ3n) is 3.15. The first-order chi connectivity index (χ1) is 7.18. The first kappa shape index (κ1) is 11.0. The first-order valence-corrected chi connectivity index (χ1v) is 6.15. The molecule has 2 nitrogen and oxygen atoms in total. The molecule has 2 N–H and O–H groups in total. The van der Waals surface area contributed by atoms with Crippen molar-refractivity contribution >= 4 is 15.9 Å². The smallest absolute Gasteiger partial charge is 0.130 e. The third-order valence-corrected chi connectivity index (χ3v) is 4.15. The number of aromatic hydroxyl groups is 1. The topological polar surface area (TPSA) is 32.3 Å². The minimum absolute atomic E-state index is 0.334. The lowest BCUT2D eigenvalue weighted by Crippen LogP contribution is -2.11. The van der Waals surface area contributed by atoms with E-state index in [2.05, 4.69) is 28.2 Å². The molecular formula is C12H16BrNO. The highest BCUT2D eigenvalue weighted by Gasteiger charge is 2.16. The fourth-order valence-electron chi connectivity index (χ4n) is 2.13. The molecule has 1 unspecified atom stereocenters. The van der Waals surface area contributed by atoms with E-state index in [9.17, 15) is 5.11 Å². The van der Waals surface area contributed by atoms with Gasteiger partial charge in [0.15, 0.2) is 0 Å². The third kappa shape index (κ3) is 2.34. The van der Waals surface area contributed by atoms with E-state index in [-0.39, 0.29) is 0 Å². The molecule has 1 atom stereocenters. The molecule has 0 aromatic heterocycles. The fraction of sp³-hybridized carbons (Fsp3) is 0.500. The van der Waals surface area contributed by atoms with Crippen LogP contribution in [0.5, 0.6) is 5.75 Å². The molecule has 1 aromatic rings. The van der Waals surface area contributed by atoms with Crippen molar-refractivity contribution in [3.05, 3.63) is 27.7 Å². The molecule has 82 valence electrons. The minimum Gasteiger partial charge on any atom is -0.507 e. The second-order valence-electron chi connectivity index (χ2n) is 4.25. The molecule has 2 rings (SSSR count). The van der Waals surface area contributed by atoms with Gasteiger partial charge in [0.25, 0.3) is 0 Å². The lowest BCUT2D eigenvalue weighted by molar-refractivity contribution is 0.470. The van der Waals surface area contributed by atoms with Crippen molar-refractivity contribution in [1.82, 2.24) is 5.32 Å². The van der Waals surface area contributed by atoms with Gasteiger partial charge in [0.1, 0.15) is 5.75 Å². The largest absolute Gasteiger partial charge is 0.507 e. The maximum atomic E-state index is 9.53. The van der Waals surface area contributed by atoms with E-state index in [0.29, 0.717) is 5.75 Å². The van der Waals surface area contributed by atoms with Crippen molar-refractivity contribution < 1.29 is 5.11 Å². The van der Waals surface area contributed by atoms with Crippen LogP contribution in [0.25, 0.3) is 0 Å². The normalized spacial score (nSPS) is 20.8. The van der Waals surface area contributed by atoms with Crippen molar-refractivity contribution in [2.45, 2.75) is 19.8 Å². The number of phenolic OH excluding ortho intramolecular Hbond substituents is 1. The van der Waals surface area contributed by atoms with Crippen LogP contribution in [0, 0.1) is 12.8 Å². The van der Waals surface area contributed by atoms with Crippen LogP contribution in [0.1, 0.15) is 17.5 Å². The highest BCUT2D eigenvalue weighted by atomic mass is 79.9. The molecule has 0 radical (unpaired) electrons. The Balaban J connectivity index is 2.17. The minimum atomic E-state index is 0.334. The Morgan fingerprint density at radius 3 is 3.00 bits per heavy atom. The van der Waals surface area contributed by atoms with Crippen LogP contribution in [0.15, 0.2) is 16.6 Å². The predicted molar refractivity (Wildman–Crippen MR) is 65.2 cm³/mol. The predicted octanol–water partition coefficient (Wildman–Crippen LogP) is 2.62. The van der Waals surface area contributed by atoms with E-state index < -0.39 is 0 Å². The summed E-state index contributed by atoms with van der Waals surface area (Å²) in [5.41, 5.74) is 2.51. The fourth-order valence-corrected chi connectivity index (χ4v) is 2.52. The van der Waals surface area contributed by atoms with Crippen molar-refractivity contribution in [2.75, 3.05) is 13.1 Å². The van der Waals surface area contributed by atoms with Crippen LogP contribution in [-0.2, 0) is 6.42 Å². The Hall–Kier alpha value is -0.540. The molecule has 0 bridgehead atoms. The molecule has 1 heterocycles. The average Bonchev–Trinajstić information content (AvgIpc) is 2.72. The lowest BCUT2D eigenvalue weighted by atomic mass is 9.95. The van der Waals surface area contributed by atoms with Gasteiger partial charge in [-0.1, -0.05) is 6.07 Å². The van der Waals surface area contributed by atoms with E-state index in [4.69, 9.17) is 0 Å². The SMILES string of the molecule is Cc1c(CC2CCNC2)ccc(O)c1Br. The van der Waals surface area contributed by atoms with Gasteiger partial charge in [0.05, 0.1) is 4.47 Å². The summed E-state index contributed by atoms with van der Waals surface area (Å²) in [5.74, 6) is 1.08. The van der Waals surface area contributed by atoms with Gasteiger partial charge in [0.2, 0.25) is 0 Å². The Bertz CT molecular complexity index is 359. The van der Waals surface area contributed by atoms with E-state index >= 15 is 0 Å². The monoisotopic (exact) mass is 269 g/mol. The zero-order chi connectivity index (χ0) is 10.8. The van der Waals surface area contributed by atoms with E-state index in [1.807, 2.05) is 6.07 Å². The van der Waals surface area contributed by atoms with Crippen LogP contribution in [-0.4, -0.2) is 18.2 Å². The number of rotatable bonds is 2. The second kappa shape index (κ2) is 4.54. The zero-order valence-electron chi connectivity index (χ0n) is 8.89. The van der Waals surface area contributed by atoms with Crippen molar-refractivity contribution in [1.29, 1.82) is 0 Å². The van der Waals surface area contributed by atoms with Gasteiger partial charge in [0, 0.05) is 0 Å². The van der Waals surface area contributed by atoms with Gasteiger partial charge >= 0.3 is 0 Å². The zero-order valence-corrected chi connectivity index (χ0v) is 10.5. The molecule has 1 aliphatic heterocycles. The van der Waals surface area contributed by atoms with Gasteiger partial charge in [-0.2, -0.15) is 0 Å². The summed E-state index contributed by atoms with van der Waals surface area (Å²) in [6.07, 6.45) is 2.37. The van der Waals surface area contributed by atoms with Gasteiger partial charge in [-0.25, -0.2) is 0 Å². The van der Waals surface area contributed by atoms with E-state index in [1.54, 1.807) is 6.07 Å². The summed E-state index contributed by atoms with van der Waals surface area (Å²) in [4.78, 5) is 0. The van der Waals surface area contributed by atoms with Crippen molar-refractivity contribution in [2.24, 2.45) is 5.92 Å². The van der Waals surface area contributed by atoms with Crippen LogP contribution >= 0.6 is 15.9 Å². The second-order valence-corrected chi connectivity index (χ2v) is 5.04. The van der Waals surface area contributed by atoms with E-state index in [0.717, 1.165) is 29.9 Å². The van der Waals surface area contributed by atoms with Crippen molar-refractivity contribution in [3.63, 3.8) is 0 Å². The Labute approximate surface area is 98.8 Å². The molecule has 0 aliphatic carbocycles. The van der Waals surface area contributed by atoms with Crippen LogP contribution < -0.4 is 5.32 Å². The molecule has 1 aromatic carbocycles. The summed E-state index contributed by atoms with van der Waals surface area (Å²) >= 11 is 3.41. The maximum Gasteiger partial charge on any atom is 0.130 e. The molecule has 0 spiro atoms. The summed E-state index contributed by atoms with van der Waals surface area (Å²) in [7, 11) is 0. The summed E-state index contributed by atoms with van der Waals surface area (Å²) in [6, 6.07) is 3.81. The molecule has 0 amide bonds. The molecular weight excluding hydrogens is 254 g/mol. The molecule has 3 heteroatoms. The highest BCUT2D eigenvalue weighted by molar-refractivity contribution is 9.10. The number of benzene rings is 1. The standard InChI is InChI=1S/C12H16BrNO/c1-8-10(2-3-11(15)12(8)13)6-9-4-5-14-7-9/h2-3,9,14-15H,4-7H2,1H3. The van der Waals surface area contributed by atoms with Gasteiger partial charge in [-0.15, -0.1) is 0 Å². The summed E-state index contributed by atoms with van der Waals surface area (Å²) in [6.45, 7) is 4.32. The lowest BCUT2D eigenvalue weighted by Gasteiger charge is -2.12. The molecule has 1 fully saturated rings. The van der Waals surface area contributed by atoms with Gasteiger partial charge in [-0.3, -0.25) is 0 Å². The molecule has 1 aliphatic rings. The number of nitrogens with one attached hydrogen (secondary N) is 1. The molecule has 0 saturated carbocycles. The Morgan fingerprint density at radius 1 is 1.53 bits per heavy atom. The summed E-state index contributed by atoms with van der Waals surface area (Å²) < 4.78 is 0.839. The number of phenols is 1. The first-order valence-electron chi connectivity index (χ1n) is 5.36.